The van der Waals surface area contributed by atoms with Gasteiger partial charge >= 0.3 is 5.97 Å². The molecule has 1 aromatic rings. The van der Waals surface area contributed by atoms with Gasteiger partial charge in [0.15, 0.2) is 0 Å². The molecule has 2 N–H and O–H groups in total. The van der Waals surface area contributed by atoms with Gasteiger partial charge in [0.25, 0.3) is 0 Å². The van der Waals surface area contributed by atoms with E-state index in [1.807, 2.05) is 24.3 Å². The van der Waals surface area contributed by atoms with Crippen molar-refractivity contribution in [3.8, 4) is 5.75 Å². The molecule has 0 bridgehead atoms. The van der Waals surface area contributed by atoms with Crippen LogP contribution in [0, 0.1) is 11.3 Å². The molecular weight excluding hydrogens is 294 g/mol. The molecule has 1 amide bonds. The van der Waals surface area contributed by atoms with E-state index in [0.29, 0.717) is 31.9 Å². The zero-order chi connectivity index (χ0) is 16.9. The van der Waals surface area contributed by atoms with Crippen LogP contribution >= 0.6 is 0 Å². The number of carboxylic acid groups (broad SMARTS) is 1. The number of carboxylic acids is 1. The van der Waals surface area contributed by atoms with Crippen LogP contribution in [0.2, 0.25) is 0 Å². The molecule has 1 aliphatic carbocycles. The molecule has 23 heavy (non-hydrogen) atoms. The first-order valence-electron chi connectivity index (χ1n) is 8.14. The van der Waals surface area contributed by atoms with Gasteiger partial charge in [-0.2, -0.15) is 0 Å². The molecule has 1 aliphatic rings. The summed E-state index contributed by atoms with van der Waals surface area (Å²) in [5, 5.41) is 12.1. The molecule has 1 aromatic carbocycles. The van der Waals surface area contributed by atoms with E-state index in [4.69, 9.17) is 4.74 Å². The van der Waals surface area contributed by atoms with Crippen molar-refractivity contribution in [2.75, 3.05) is 6.61 Å². The topological polar surface area (TPSA) is 75.6 Å². The third kappa shape index (κ3) is 4.47. The first-order valence-corrected chi connectivity index (χ1v) is 8.14. The van der Waals surface area contributed by atoms with Crippen LogP contribution in [0.1, 0.15) is 45.1 Å². The van der Waals surface area contributed by atoms with Gasteiger partial charge in [-0.25, -0.2) is 0 Å². The van der Waals surface area contributed by atoms with Crippen LogP contribution in [0.15, 0.2) is 24.3 Å². The van der Waals surface area contributed by atoms with Gasteiger partial charge in [0.2, 0.25) is 5.91 Å². The highest BCUT2D eigenvalue weighted by Gasteiger charge is 2.45. The predicted octanol–water partition coefficient (Wildman–Crippen LogP) is 2.98. The highest BCUT2D eigenvalue weighted by molar-refractivity contribution is 5.85. The van der Waals surface area contributed by atoms with Gasteiger partial charge in [-0.05, 0) is 24.8 Å². The number of amides is 1. The van der Waals surface area contributed by atoms with Crippen LogP contribution in [-0.4, -0.2) is 23.6 Å². The number of nitrogens with one attached hydrogen (secondary N) is 1. The van der Waals surface area contributed by atoms with Crippen molar-refractivity contribution in [1.82, 2.24) is 5.32 Å². The molecule has 0 heterocycles. The Morgan fingerprint density at radius 1 is 1.30 bits per heavy atom. The molecule has 0 spiro atoms. The minimum atomic E-state index is -0.862. The van der Waals surface area contributed by atoms with Gasteiger partial charge in [0.05, 0.1) is 12.0 Å². The number of carbonyl (C=O) groups excluding carboxylic acids is 1. The highest BCUT2D eigenvalue weighted by Crippen LogP contribution is 2.44. The van der Waals surface area contributed by atoms with Crippen LogP contribution in [0.5, 0.6) is 5.75 Å². The number of hydrogen-bond acceptors (Lipinski definition) is 3. The number of rotatable bonds is 8. The minimum Gasteiger partial charge on any atom is -0.493 e. The fraction of sp³-hybridized carbons (Fsp3) is 0.556. The summed E-state index contributed by atoms with van der Waals surface area (Å²) in [7, 11) is 0. The molecule has 126 valence electrons. The van der Waals surface area contributed by atoms with E-state index in [0.717, 1.165) is 17.7 Å². The summed E-state index contributed by atoms with van der Waals surface area (Å²) < 4.78 is 5.76. The summed E-state index contributed by atoms with van der Waals surface area (Å²) in [5.41, 5.74) is 0.0528. The summed E-state index contributed by atoms with van der Waals surface area (Å²) in [4.78, 5) is 23.4. The molecule has 1 fully saturated rings. The quantitative estimate of drug-likeness (QED) is 0.772. The van der Waals surface area contributed by atoms with E-state index in [2.05, 4.69) is 19.2 Å². The van der Waals surface area contributed by atoms with Crippen molar-refractivity contribution in [1.29, 1.82) is 0 Å². The van der Waals surface area contributed by atoms with Crippen molar-refractivity contribution in [3.05, 3.63) is 29.8 Å². The lowest BCUT2D eigenvalue weighted by molar-refractivity contribution is -0.157. The Kier molecular flexibility index (Phi) is 5.64. The summed E-state index contributed by atoms with van der Waals surface area (Å²) in [5.74, 6) is 0.107. The van der Waals surface area contributed by atoms with Gasteiger partial charge in [-0.1, -0.05) is 38.5 Å². The maximum absolute atomic E-state index is 12.1. The maximum Gasteiger partial charge on any atom is 0.310 e. The molecular formula is C18H25NO4. The van der Waals surface area contributed by atoms with Crippen LogP contribution in [0.4, 0.5) is 0 Å². The summed E-state index contributed by atoms with van der Waals surface area (Å²) in [6, 6.07) is 7.59. The largest absolute Gasteiger partial charge is 0.493 e. The SMILES string of the molecule is CC(C)COc1ccccc1CNC(=O)CC1(C(=O)O)CCC1. The molecule has 0 unspecified atom stereocenters. The van der Waals surface area contributed by atoms with Gasteiger partial charge < -0.3 is 15.2 Å². The van der Waals surface area contributed by atoms with E-state index in [9.17, 15) is 14.7 Å². The minimum absolute atomic E-state index is 0.0529. The second-order valence-corrected chi connectivity index (χ2v) is 6.71. The van der Waals surface area contributed by atoms with Crippen LogP contribution in [-0.2, 0) is 16.1 Å². The molecule has 0 aromatic heterocycles. The molecule has 0 atom stereocenters. The third-order valence-corrected chi connectivity index (χ3v) is 4.28. The van der Waals surface area contributed by atoms with Crippen LogP contribution < -0.4 is 10.1 Å². The zero-order valence-corrected chi connectivity index (χ0v) is 13.8. The average Bonchev–Trinajstić information content (AvgIpc) is 2.47. The van der Waals surface area contributed by atoms with Crippen molar-refractivity contribution >= 4 is 11.9 Å². The standard InChI is InChI=1S/C18H25NO4/c1-13(2)12-23-15-7-4-3-6-14(15)11-19-16(20)10-18(17(21)22)8-5-9-18/h3-4,6-7,13H,5,8-12H2,1-2H3,(H,19,20)(H,21,22). The number of aliphatic carboxylic acids is 1. The van der Waals surface area contributed by atoms with Crippen LogP contribution in [0.3, 0.4) is 0 Å². The second kappa shape index (κ2) is 7.49. The normalized spacial score (nSPS) is 15.8. The Labute approximate surface area is 137 Å². The monoisotopic (exact) mass is 319 g/mol. The summed E-state index contributed by atoms with van der Waals surface area (Å²) in [6.07, 6.45) is 2.11. The Hall–Kier alpha value is -2.04. The molecule has 1 saturated carbocycles. The fourth-order valence-electron chi connectivity index (χ4n) is 2.68. The smallest absolute Gasteiger partial charge is 0.310 e. The molecule has 5 nitrogen and oxygen atoms in total. The fourth-order valence-corrected chi connectivity index (χ4v) is 2.68. The predicted molar refractivity (Wildman–Crippen MR) is 87.2 cm³/mol. The molecule has 0 radical (unpaired) electrons. The van der Waals surface area contributed by atoms with Gasteiger partial charge in [-0.3, -0.25) is 9.59 Å². The highest BCUT2D eigenvalue weighted by atomic mass is 16.5. The maximum atomic E-state index is 12.1. The third-order valence-electron chi connectivity index (χ3n) is 4.28. The second-order valence-electron chi connectivity index (χ2n) is 6.71. The Balaban J connectivity index is 1.90. The summed E-state index contributed by atoms with van der Waals surface area (Å²) in [6.45, 7) is 5.12. The number of ether oxygens (including phenoxy) is 1. The summed E-state index contributed by atoms with van der Waals surface area (Å²) >= 11 is 0. The molecule has 0 saturated heterocycles. The zero-order valence-electron chi connectivity index (χ0n) is 13.8. The van der Waals surface area contributed by atoms with Crippen LogP contribution in [0.25, 0.3) is 0 Å². The van der Waals surface area contributed by atoms with E-state index >= 15 is 0 Å². The molecule has 5 heteroatoms. The number of para-hydroxylation sites is 1. The van der Waals surface area contributed by atoms with Gasteiger partial charge in [0, 0.05) is 18.5 Å². The first-order chi connectivity index (χ1) is 10.9. The van der Waals surface area contributed by atoms with Crippen molar-refractivity contribution in [2.45, 2.75) is 46.1 Å². The number of hydrogen-bond donors (Lipinski definition) is 2. The van der Waals surface area contributed by atoms with Crippen molar-refractivity contribution in [2.24, 2.45) is 11.3 Å². The van der Waals surface area contributed by atoms with E-state index in [-0.39, 0.29) is 12.3 Å². The Bertz CT molecular complexity index is 564. The van der Waals surface area contributed by atoms with Crippen molar-refractivity contribution < 1.29 is 19.4 Å². The van der Waals surface area contributed by atoms with E-state index in [1.165, 1.54) is 0 Å². The lowest BCUT2D eigenvalue weighted by Crippen LogP contribution is -2.42. The first kappa shape index (κ1) is 17.3. The lowest BCUT2D eigenvalue weighted by atomic mass is 9.66. The van der Waals surface area contributed by atoms with Crippen molar-refractivity contribution in [3.63, 3.8) is 0 Å². The Morgan fingerprint density at radius 3 is 2.57 bits per heavy atom. The number of carbonyl (C=O) groups is 2. The number of benzene rings is 1. The Morgan fingerprint density at radius 2 is 2.00 bits per heavy atom. The lowest BCUT2D eigenvalue weighted by Gasteiger charge is -2.36. The van der Waals surface area contributed by atoms with Gasteiger partial charge in [-0.15, -0.1) is 0 Å². The van der Waals surface area contributed by atoms with Gasteiger partial charge in [0.1, 0.15) is 5.75 Å². The molecule has 0 aliphatic heterocycles. The molecule has 2 rings (SSSR count). The van der Waals surface area contributed by atoms with E-state index in [1.54, 1.807) is 0 Å². The average molecular weight is 319 g/mol. The van der Waals surface area contributed by atoms with E-state index < -0.39 is 11.4 Å².